The summed E-state index contributed by atoms with van der Waals surface area (Å²) < 4.78 is 1.61. The first-order valence-corrected chi connectivity index (χ1v) is 8.58. The third-order valence-corrected chi connectivity index (χ3v) is 5.87. The van der Waals surface area contributed by atoms with E-state index in [2.05, 4.69) is 68.5 Å². The Balaban J connectivity index is 0. The van der Waals surface area contributed by atoms with Crippen LogP contribution in [0.4, 0.5) is 0 Å². The molecule has 4 heteroatoms. The summed E-state index contributed by atoms with van der Waals surface area (Å²) >= 11 is 3.62. The first kappa shape index (κ1) is 18.4. The molecule has 90 valence electrons. The van der Waals surface area contributed by atoms with Gasteiger partial charge in [0.25, 0.3) is 13.6 Å². The maximum absolute atomic E-state index is 7.50. The van der Waals surface area contributed by atoms with Crippen molar-refractivity contribution < 1.29 is 21.3 Å². The minimum Gasteiger partial charge on any atom is -0.281 e. The van der Waals surface area contributed by atoms with Crippen LogP contribution in [0.1, 0.15) is 34.6 Å². The maximum atomic E-state index is 7.50. The van der Waals surface area contributed by atoms with Crippen LogP contribution in [0.2, 0.25) is 0 Å². The van der Waals surface area contributed by atoms with Crippen LogP contribution in [-0.4, -0.2) is 13.6 Å². The first-order chi connectivity index (χ1) is 7.42. The number of rotatable bonds is 1. The molecule has 0 N–H and O–H groups in total. The van der Waals surface area contributed by atoms with E-state index in [9.17, 15) is 0 Å². The van der Waals surface area contributed by atoms with Gasteiger partial charge in [-0.15, -0.1) is 0 Å². The molecule has 2 nitrogen and oxygen atoms in total. The van der Waals surface area contributed by atoms with Crippen LogP contribution < -0.4 is 0 Å². The van der Waals surface area contributed by atoms with E-state index in [1.807, 2.05) is 0 Å². The topological polar surface area (TPSA) is 34.1 Å². The van der Waals surface area contributed by atoms with Crippen LogP contribution in [-0.2, 0) is 21.3 Å². The molecule has 0 aromatic carbocycles. The van der Waals surface area contributed by atoms with E-state index in [0.29, 0.717) is 5.41 Å². The summed E-state index contributed by atoms with van der Waals surface area (Å²) in [5.41, 5.74) is 4.89. The Hall–Kier alpha value is 0.0695. The predicted octanol–water partition coefficient (Wildman–Crippen LogP) is 3.27. The van der Waals surface area contributed by atoms with Crippen molar-refractivity contribution in [1.82, 2.24) is 0 Å². The first-order valence-electron chi connectivity index (χ1n) is 4.47. The molecular formula is C12H15FeIO2. The average Bonchev–Trinajstić information content (AvgIpc) is 2.45. The third kappa shape index (κ3) is 3.54. The van der Waals surface area contributed by atoms with Gasteiger partial charge in [0.2, 0.25) is 0 Å². The molecule has 0 atom stereocenters. The molecule has 1 aliphatic carbocycles. The molecule has 0 aromatic rings. The van der Waals surface area contributed by atoms with Crippen molar-refractivity contribution in [3.8, 4) is 0 Å². The quantitative estimate of drug-likeness (QED) is 0.522. The summed E-state index contributed by atoms with van der Waals surface area (Å²) in [6.07, 6.45) is 0. The fraction of sp³-hybridized carbons (Fsp3) is 0.500. The van der Waals surface area contributed by atoms with E-state index >= 15 is 0 Å². The predicted molar refractivity (Wildman–Crippen MR) is 70.3 cm³/mol. The molecule has 0 fully saturated rings. The third-order valence-electron chi connectivity index (χ3n) is 2.98. The second kappa shape index (κ2) is 8.20. The monoisotopic (exact) mass is 374 g/mol. The second-order valence-electron chi connectivity index (χ2n) is 3.87. The molecule has 0 bridgehead atoms. The fourth-order valence-corrected chi connectivity index (χ4v) is 5.65. The van der Waals surface area contributed by atoms with Gasteiger partial charge in [-0.2, -0.15) is 0 Å². The number of carbonyl (C=O) groups excluding carboxylic acids is 2. The van der Waals surface area contributed by atoms with E-state index in [1.54, 1.807) is 10.0 Å². The zero-order valence-electron chi connectivity index (χ0n) is 10.0. The van der Waals surface area contributed by atoms with Crippen molar-refractivity contribution in [2.75, 3.05) is 0 Å². The van der Waals surface area contributed by atoms with Crippen LogP contribution in [0.25, 0.3) is 0 Å². The number of allylic oxidation sites excluding steroid dienone is 4. The maximum Gasteiger partial charge on any atom is 0.281 e. The van der Waals surface area contributed by atoms with Gasteiger partial charge in [0.1, 0.15) is 0 Å². The van der Waals surface area contributed by atoms with Gasteiger partial charge < -0.3 is 0 Å². The molecule has 16 heavy (non-hydrogen) atoms. The molecule has 0 amide bonds. The minimum absolute atomic E-state index is 0.315. The molecule has 0 aromatic heterocycles. The molecule has 0 heterocycles. The molecular weight excluding hydrogens is 359 g/mol. The van der Waals surface area contributed by atoms with Gasteiger partial charge in [-0.05, 0) is 0 Å². The molecule has 1 aliphatic rings. The van der Waals surface area contributed by atoms with Crippen LogP contribution in [0.15, 0.2) is 21.2 Å². The summed E-state index contributed by atoms with van der Waals surface area (Å²) in [4.78, 5) is 15.0. The summed E-state index contributed by atoms with van der Waals surface area (Å²) in [5, 5.41) is 0. The van der Waals surface area contributed by atoms with E-state index in [1.165, 1.54) is 11.1 Å². The van der Waals surface area contributed by atoms with Crippen LogP contribution in [0.3, 0.4) is 0 Å². The number of halogens is 1. The summed E-state index contributed by atoms with van der Waals surface area (Å²) in [7, 11) is 0. The second-order valence-corrected chi connectivity index (χ2v) is 6.20. The summed E-state index contributed by atoms with van der Waals surface area (Å²) in [6, 6.07) is 0. The van der Waals surface area contributed by atoms with Crippen molar-refractivity contribution in [2.24, 2.45) is 5.41 Å². The molecule has 0 aliphatic heterocycles. The Morgan fingerprint density at radius 2 is 1.38 bits per heavy atom. The number of hydrogen-bond acceptors (Lipinski definition) is 2. The van der Waals surface area contributed by atoms with E-state index in [0.717, 1.165) is 11.7 Å². The molecule has 1 rings (SSSR count). The van der Waals surface area contributed by atoms with Gasteiger partial charge in [-0.25, -0.2) is 0 Å². The van der Waals surface area contributed by atoms with Gasteiger partial charge in [-0.3, -0.25) is 9.59 Å². The normalized spacial score (nSPS) is 17.6. The zero-order valence-corrected chi connectivity index (χ0v) is 13.3. The molecule has 0 unspecified atom stereocenters. The van der Waals surface area contributed by atoms with Gasteiger partial charge in [0.15, 0.2) is 0 Å². The molecule has 0 saturated heterocycles. The fourth-order valence-electron chi connectivity index (χ4n) is 1.67. The van der Waals surface area contributed by atoms with Crippen molar-refractivity contribution in [3.63, 3.8) is 0 Å². The van der Waals surface area contributed by atoms with E-state index < -0.39 is 0 Å². The summed E-state index contributed by atoms with van der Waals surface area (Å²) in [5.74, 6) is 0. The van der Waals surface area contributed by atoms with Crippen molar-refractivity contribution in [2.45, 2.75) is 34.6 Å². The Labute approximate surface area is 116 Å². The Kier molecular flexibility index (Phi) is 9.45. The van der Waals surface area contributed by atoms with Crippen LogP contribution in [0.5, 0.6) is 0 Å². The minimum atomic E-state index is 0.315. The molecule has 0 saturated carbocycles. The van der Waals surface area contributed by atoms with Crippen molar-refractivity contribution in [1.29, 1.82) is 0 Å². The number of hydrogen-bond donors (Lipinski definition) is 0. The van der Waals surface area contributed by atoms with E-state index in [4.69, 9.17) is 9.59 Å². The van der Waals surface area contributed by atoms with Crippen molar-refractivity contribution in [3.05, 3.63) is 21.2 Å². The summed E-state index contributed by atoms with van der Waals surface area (Å²) in [6.45, 7) is 20.4. The Morgan fingerprint density at radius 1 is 1.00 bits per heavy atom. The molecule has 4 radical (unpaired) electrons. The largest absolute Gasteiger partial charge is 0.281 e. The zero-order chi connectivity index (χ0) is 13.5. The standard InChI is InChI=1S/C10H15.2CO.Fe.HI/c1-7-6-10(4,5)9(3)8(7)2;2*1-2;;/h1-5H3;;;;1H/q;;;+1;/p-1. The van der Waals surface area contributed by atoms with Crippen molar-refractivity contribution >= 4 is 33.9 Å². The molecule has 0 spiro atoms. The Morgan fingerprint density at radius 3 is 1.50 bits per heavy atom. The van der Waals surface area contributed by atoms with Gasteiger partial charge in [0.05, 0.1) is 0 Å². The van der Waals surface area contributed by atoms with Gasteiger partial charge >= 0.3 is 93.3 Å². The average molecular weight is 374 g/mol. The Bertz CT molecular complexity index is 304. The van der Waals surface area contributed by atoms with Gasteiger partial charge in [0, 0.05) is 0 Å². The van der Waals surface area contributed by atoms with Gasteiger partial charge in [-0.1, -0.05) is 0 Å². The van der Waals surface area contributed by atoms with E-state index in [-0.39, 0.29) is 0 Å². The smallest absolute Gasteiger partial charge is 0.281 e. The SMILES string of the molecule is CC1=C(C)C(C)(C)[C]([Fe][I])=C1C.[C]=O.[C]=O. The van der Waals surface area contributed by atoms with Crippen LogP contribution in [0, 0.1) is 5.41 Å². The van der Waals surface area contributed by atoms with Crippen LogP contribution >= 0.6 is 20.3 Å².